The van der Waals surface area contributed by atoms with Crippen molar-refractivity contribution in [3.63, 3.8) is 0 Å². The van der Waals surface area contributed by atoms with Crippen molar-refractivity contribution in [2.24, 2.45) is 5.92 Å². The smallest absolute Gasteiger partial charge is 0.308 e. The maximum Gasteiger partial charge on any atom is 0.308 e. The molecule has 1 saturated heterocycles. The summed E-state index contributed by atoms with van der Waals surface area (Å²) < 4.78 is 22.5. The second-order valence-electron chi connectivity index (χ2n) is 9.40. The van der Waals surface area contributed by atoms with Gasteiger partial charge in [-0.15, -0.1) is 0 Å². The van der Waals surface area contributed by atoms with Gasteiger partial charge in [-0.3, -0.25) is 14.4 Å². The first-order valence-corrected chi connectivity index (χ1v) is 11.5. The molecule has 1 aromatic carbocycles. The lowest BCUT2D eigenvalue weighted by atomic mass is 9.53. The Balaban J connectivity index is 1.47. The van der Waals surface area contributed by atoms with Crippen molar-refractivity contribution in [1.29, 1.82) is 0 Å². The van der Waals surface area contributed by atoms with Crippen LogP contribution in [0.1, 0.15) is 43.7 Å². The molecule has 0 amide bonds. The third-order valence-electron chi connectivity index (χ3n) is 7.63. The molecule has 0 N–H and O–H groups in total. The quantitative estimate of drug-likeness (QED) is 0.367. The third-order valence-corrected chi connectivity index (χ3v) is 7.63. The monoisotopic (exact) mass is 455 g/mol. The summed E-state index contributed by atoms with van der Waals surface area (Å²) in [5.74, 6) is 0.130. The second-order valence-corrected chi connectivity index (χ2v) is 9.40. The Labute approximate surface area is 192 Å². The molecule has 0 radical (unpaired) electrons. The zero-order valence-electron chi connectivity index (χ0n) is 19.2. The van der Waals surface area contributed by atoms with E-state index in [1.54, 1.807) is 6.07 Å². The van der Waals surface area contributed by atoms with Gasteiger partial charge in [-0.1, -0.05) is 12.1 Å². The largest absolute Gasteiger partial charge is 0.481 e. The Morgan fingerprint density at radius 2 is 1.97 bits per heavy atom. The summed E-state index contributed by atoms with van der Waals surface area (Å²) in [6.45, 7) is 2.28. The van der Waals surface area contributed by atoms with E-state index in [0.717, 1.165) is 24.9 Å². The Morgan fingerprint density at radius 1 is 1.18 bits per heavy atom. The van der Waals surface area contributed by atoms with E-state index in [1.165, 1.54) is 19.6 Å². The number of hydrogen-bond donors (Lipinski definition) is 0. The molecule has 0 saturated carbocycles. The van der Waals surface area contributed by atoms with Crippen molar-refractivity contribution in [3.05, 3.63) is 35.4 Å². The van der Waals surface area contributed by atoms with Gasteiger partial charge in [-0.05, 0) is 50.6 Å². The summed E-state index contributed by atoms with van der Waals surface area (Å²) in [7, 11) is 3.48. The highest BCUT2D eigenvalue weighted by Crippen LogP contribution is 2.62. The number of benzene rings is 1. The Kier molecular flexibility index (Phi) is 5.43. The maximum absolute atomic E-state index is 12.6. The SMILES string of the molecule is COC(=O)CCCC(=O)O[C@H]1C=C[C@H]2[C@H]3Cc4ccc(OC(C)=O)c5c4[C@@]2(CCN3C)[C@H]1O5. The van der Waals surface area contributed by atoms with E-state index in [-0.39, 0.29) is 42.2 Å². The number of hydrogen-bond acceptors (Lipinski definition) is 8. The maximum atomic E-state index is 12.6. The van der Waals surface area contributed by atoms with Crippen molar-refractivity contribution in [2.75, 3.05) is 20.7 Å². The first kappa shape index (κ1) is 21.9. The van der Waals surface area contributed by atoms with Gasteiger partial charge in [0.25, 0.3) is 0 Å². The normalized spacial score (nSPS) is 30.8. The van der Waals surface area contributed by atoms with Gasteiger partial charge >= 0.3 is 17.9 Å². The van der Waals surface area contributed by atoms with Crippen LogP contribution in [0.25, 0.3) is 0 Å². The number of esters is 3. The lowest BCUT2D eigenvalue weighted by molar-refractivity contribution is -0.155. The fourth-order valence-corrected chi connectivity index (χ4v) is 6.24. The Hall–Kier alpha value is -2.87. The molecule has 1 spiro atoms. The van der Waals surface area contributed by atoms with E-state index in [4.69, 9.17) is 14.2 Å². The molecule has 2 aliphatic heterocycles. The molecule has 5 rings (SSSR count). The zero-order valence-corrected chi connectivity index (χ0v) is 19.2. The van der Waals surface area contributed by atoms with E-state index in [0.29, 0.717) is 24.0 Å². The average molecular weight is 456 g/mol. The molecule has 5 atom stereocenters. The van der Waals surface area contributed by atoms with Gasteiger partial charge in [0.2, 0.25) is 0 Å². The molecular formula is C25H29NO7. The molecule has 0 unspecified atom stereocenters. The summed E-state index contributed by atoms with van der Waals surface area (Å²) >= 11 is 0. The average Bonchev–Trinajstić information content (AvgIpc) is 3.13. The standard InChI is InChI=1S/C25H29NO7/c1-14(27)31-18-9-7-15-13-17-16-8-10-19(32-21(29)6-4-5-20(28)30-3)24-25(16,11-12-26(17)2)22(15)23(18)33-24/h7-10,16-17,19,24H,4-6,11-13H2,1-3H3/t16-,17+,19-,24-,25-/m0/s1. The predicted molar refractivity (Wildman–Crippen MR) is 117 cm³/mol. The second kappa shape index (κ2) is 8.17. The minimum Gasteiger partial charge on any atom is -0.481 e. The summed E-state index contributed by atoms with van der Waals surface area (Å²) in [4.78, 5) is 38.1. The van der Waals surface area contributed by atoms with Crippen molar-refractivity contribution in [1.82, 2.24) is 4.90 Å². The van der Waals surface area contributed by atoms with Crippen molar-refractivity contribution < 1.29 is 33.3 Å². The molecule has 8 heteroatoms. The number of likely N-dealkylation sites (N-methyl/N-ethyl adjacent to an activating group) is 1. The topological polar surface area (TPSA) is 91.4 Å². The first-order valence-electron chi connectivity index (χ1n) is 11.5. The lowest BCUT2D eigenvalue weighted by Crippen LogP contribution is -2.65. The minimum atomic E-state index is -0.556. The van der Waals surface area contributed by atoms with E-state index < -0.39 is 12.1 Å². The number of nitrogens with zero attached hydrogens (tertiary/aromatic N) is 1. The first-order chi connectivity index (χ1) is 15.8. The van der Waals surface area contributed by atoms with Gasteiger partial charge in [0.05, 0.1) is 7.11 Å². The molecule has 176 valence electrons. The van der Waals surface area contributed by atoms with Gasteiger partial charge in [-0.2, -0.15) is 0 Å². The van der Waals surface area contributed by atoms with Crippen LogP contribution >= 0.6 is 0 Å². The number of rotatable bonds is 6. The fourth-order valence-electron chi connectivity index (χ4n) is 6.24. The van der Waals surface area contributed by atoms with E-state index >= 15 is 0 Å². The van der Waals surface area contributed by atoms with Crippen LogP contribution in [0.2, 0.25) is 0 Å². The molecule has 2 bridgehead atoms. The van der Waals surface area contributed by atoms with Crippen LogP contribution in [-0.4, -0.2) is 61.8 Å². The molecule has 1 fully saturated rings. The highest BCUT2D eigenvalue weighted by atomic mass is 16.6. The van der Waals surface area contributed by atoms with Crippen LogP contribution < -0.4 is 9.47 Å². The number of piperidine rings is 1. The van der Waals surface area contributed by atoms with Crippen LogP contribution in [0.4, 0.5) is 0 Å². The van der Waals surface area contributed by atoms with Gasteiger partial charge in [-0.25, -0.2) is 0 Å². The molecule has 0 aromatic heterocycles. The molecule has 2 heterocycles. The predicted octanol–water partition coefficient (Wildman–Crippen LogP) is 2.31. The molecule has 33 heavy (non-hydrogen) atoms. The Morgan fingerprint density at radius 3 is 2.73 bits per heavy atom. The van der Waals surface area contributed by atoms with Gasteiger partial charge in [0.15, 0.2) is 17.6 Å². The van der Waals surface area contributed by atoms with E-state index in [2.05, 4.69) is 22.8 Å². The number of likely N-dealkylation sites (tertiary alicyclic amines) is 1. The molecule has 8 nitrogen and oxygen atoms in total. The van der Waals surface area contributed by atoms with Crippen molar-refractivity contribution >= 4 is 17.9 Å². The summed E-state index contributed by atoms with van der Waals surface area (Å²) in [6, 6.07) is 4.18. The molecule has 4 aliphatic rings. The fraction of sp³-hybridized carbons (Fsp3) is 0.560. The summed E-state index contributed by atoms with van der Waals surface area (Å²) in [5, 5.41) is 0. The van der Waals surface area contributed by atoms with Gasteiger partial charge < -0.3 is 23.8 Å². The Bertz CT molecular complexity index is 1030. The van der Waals surface area contributed by atoms with Crippen LogP contribution in [0.5, 0.6) is 11.5 Å². The number of methoxy groups -OCH3 is 1. The third kappa shape index (κ3) is 3.42. The van der Waals surface area contributed by atoms with Crippen LogP contribution in [0.15, 0.2) is 24.3 Å². The highest BCUT2D eigenvalue weighted by Gasteiger charge is 2.65. The highest BCUT2D eigenvalue weighted by molar-refractivity contribution is 5.74. The van der Waals surface area contributed by atoms with Crippen molar-refractivity contribution in [3.8, 4) is 11.5 Å². The number of ether oxygens (including phenoxy) is 4. The van der Waals surface area contributed by atoms with Gasteiger partial charge in [0.1, 0.15) is 6.10 Å². The summed E-state index contributed by atoms with van der Waals surface area (Å²) in [6.07, 6.45) is 5.61. The van der Waals surface area contributed by atoms with Gasteiger partial charge in [0, 0.05) is 42.7 Å². The van der Waals surface area contributed by atoms with Crippen LogP contribution in [0, 0.1) is 5.92 Å². The lowest BCUT2D eigenvalue weighted by Gasteiger charge is -2.56. The zero-order chi connectivity index (χ0) is 23.3. The van der Waals surface area contributed by atoms with E-state index in [9.17, 15) is 14.4 Å². The molecule has 1 aromatic rings. The summed E-state index contributed by atoms with van der Waals surface area (Å²) in [5.41, 5.74) is 1.98. The van der Waals surface area contributed by atoms with Crippen LogP contribution in [-0.2, 0) is 35.7 Å². The minimum absolute atomic E-state index is 0.130. The van der Waals surface area contributed by atoms with Crippen molar-refractivity contribution in [2.45, 2.75) is 62.7 Å². The molecule has 2 aliphatic carbocycles. The number of carbonyl (C=O) groups is 3. The van der Waals surface area contributed by atoms with Crippen LogP contribution in [0.3, 0.4) is 0 Å². The van der Waals surface area contributed by atoms with E-state index in [1.807, 2.05) is 12.1 Å². The number of carbonyl (C=O) groups excluding carboxylic acids is 3. The molecular weight excluding hydrogens is 426 g/mol.